The Morgan fingerprint density at radius 2 is 1.75 bits per heavy atom. The summed E-state index contributed by atoms with van der Waals surface area (Å²) in [5, 5.41) is 0. The summed E-state index contributed by atoms with van der Waals surface area (Å²) in [7, 11) is 0. The minimum atomic E-state index is 0.898. The minimum Gasteiger partial charge on any atom is -0.369 e. The highest BCUT2D eigenvalue weighted by Crippen LogP contribution is 2.15. The number of hydrogen-bond donors (Lipinski definition) is 0. The van der Waals surface area contributed by atoms with Crippen LogP contribution in [0.4, 0.5) is 0 Å². The molecule has 0 bridgehead atoms. The van der Waals surface area contributed by atoms with Crippen molar-refractivity contribution in [3.8, 4) is 0 Å². The molecule has 12 heavy (non-hydrogen) atoms. The van der Waals surface area contributed by atoms with Gasteiger partial charge in [0.25, 0.3) is 0 Å². The number of rotatable bonds is 2. The molecule has 2 nitrogen and oxygen atoms in total. The lowest BCUT2D eigenvalue weighted by molar-refractivity contribution is -0.106. The maximum Gasteiger partial charge on any atom is 0.166 e. The Labute approximate surface area is 74.2 Å². The quantitative estimate of drug-likeness (QED) is 0.463. The van der Waals surface area contributed by atoms with E-state index in [0.717, 1.165) is 30.6 Å². The van der Waals surface area contributed by atoms with E-state index in [-0.39, 0.29) is 0 Å². The fourth-order valence-corrected chi connectivity index (χ4v) is 1.64. The van der Waals surface area contributed by atoms with Crippen LogP contribution in [-0.4, -0.2) is 24.3 Å². The average Bonchev–Trinajstić information content (AvgIpc) is 2.07. The summed E-state index contributed by atoms with van der Waals surface area (Å²) >= 11 is 0. The molecule has 1 rings (SSSR count). The summed E-state index contributed by atoms with van der Waals surface area (Å²) < 4.78 is 0. The first kappa shape index (κ1) is 9.30. The van der Waals surface area contributed by atoms with E-state index in [1.54, 1.807) is 0 Å². The SMILES string of the molecule is CC(C)=C(C=O)N1CCCCC1. The van der Waals surface area contributed by atoms with E-state index in [1.165, 1.54) is 19.3 Å². The average molecular weight is 167 g/mol. The highest BCUT2D eigenvalue weighted by Gasteiger charge is 2.13. The molecule has 0 radical (unpaired) electrons. The number of hydrogen-bond acceptors (Lipinski definition) is 2. The lowest BCUT2D eigenvalue weighted by atomic mass is 10.1. The van der Waals surface area contributed by atoms with Crippen LogP contribution in [0.3, 0.4) is 0 Å². The van der Waals surface area contributed by atoms with Crippen LogP contribution < -0.4 is 0 Å². The third kappa shape index (κ3) is 2.10. The molecular weight excluding hydrogens is 150 g/mol. The summed E-state index contributed by atoms with van der Waals surface area (Å²) in [6.07, 6.45) is 4.75. The van der Waals surface area contributed by atoms with Gasteiger partial charge in [0, 0.05) is 13.1 Å². The van der Waals surface area contributed by atoms with Gasteiger partial charge < -0.3 is 4.90 Å². The van der Waals surface area contributed by atoms with E-state index in [4.69, 9.17) is 0 Å². The predicted octanol–water partition coefficient (Wildman–Crippen LogP) is 1.97. The van der Waals surface area contributed by atoms with E-state index < -0.39 is 0 Å². The van der Waals surface area contributed by atoms with E-state index in [9.17, 15) is 4.79 Å². The van der Waals surface area contributed by atoms with Gasteiger partial charge in [0.15, 0.2) is 6.29 Å². The summed E-state index contributed by atoms with van der Waals surface area (Å²) in [6, 6.07) is 0. The maximum atomic E-state index is 10.7. The van der Waals surface area contributed by atoms with Crippen molar-refractivity contribution >= 4 is 6.29 Å². The van der Waals surface area contributed by atoms with Crippen molar-refractivity contribution in [2.45, 2.75) is 33.1 Å². The number of carbonyl (C=O) groups excluding carboxylic acids is 1. The number of carbonyl (C=O) groups is 1. The number of aldehydes is 1. The monoisotopic (exact) mass is 167 g/mol. The van der Waals surface area contributed by atoms with Crippen molar-refractivity contribution < 1.29 is 4.79 Å². The van der Waals surface area contributed by atoms with Crippen molar-refractivity contribution in [3.05, 3.63) is 11.3 Å². The largest absolute Gasteiger partial charge is 0.369 e. The molecule has 0 aromatic carbocycles. The molecule has 0 aliphatic carbocycles. The van der Waals surface area contributed by atoms with Crippen LogP contribution in [0.5, 0.6) is 0 Å². The fourth-order valence-electron chi connectivity index (χ4n) is 1.64. The number of nitrogens with zero attached hydrogens (tertiary/aromatic N) is 1. The summed E-state index contributed by atoms with van der Waals surface area (Å²) in [4.78, 5) is 12.9. The van der Waals surface area contributed by atoms with Crippen LogP contribution in [0, 0.1) is 0 Å². The Hall–Kier alpha value is -0.790. The van der Waals surface area contributed by atoms with Crippen molar-refractivity contribution in [1.82, 2.24) is 4.90 Å². The third-order valence-electron chi connectivity index (χ3n) is 2.32. The van der Waals surface area contributed by atoms with Crippen LogP contribution in [0.2, 0.25) is 0 Å². The first-order chi connectivity index (χ1) is 5.75. The van der Waals surface area contributed by atoms with Gasteiger partial charge in [-0.3, -0.25) is 4.79 Å². The van der Waals surface area contributed by atoms with Crippen molar-refractivity contribution in [2.75, 3.05) is 13.1 Å². The van der Waals surface area contributed by atoms with Crippen molar-refractivity contribution in [2.24, 2.45) is 0 Å². The Balaban J connectivity index is 2.65. The molecule has 1 saturated heterocycles. The Morgan fingerprint density at radius 3 is 2.17 bits per heavy atom. The van der Waals surface area contributed by atoms with Crippen molar-refractivity contribution in [1.29, 1.82) is 0 Å². The highest BCUT2D eigenvalue weighted by atomic mass is 16.1. The van der Waals surface area contributed by atoms with E-state index in [0.29, 0.717) is 0 Å². The molecule has 68 valence electrons. The fraction of sp³-hybridized carbons (Fsp3) is 0.700. The molecular formula is C10H17NO. The van der Waals surface area contributed by atoms with Crippen LogP contribution >= 0.6 is 0 Å². The van der Waals surface area contributed by atoms with Gasteiger partial charge >= 0.3 is 0 Å². The van der Waals surface area contributed by atoms with Gasteiger partial charge in [-0.2, -0.15) is 0 Å². The van der Waals surface area contributed by atoms with Crippen LogP contribution in [-0.2, 0) is 4.79 Å². The second kappa shape index (κ2) is 4.29. The molecule has 1 heterocycles. The van der Waals surface area contributed by atoms with Gasteiger partial charge in [-0.05, 0) is 38.7 Å². The normalized spacial score (nSPS) is 17.3. The zero-order valence-corrected chi connectivity index (χ0v) is 7.97. The first-order valence-corrected chi connectivity index (χ1v) is 4.63. The van der Waals surface area contributed by atoms with Gasteiger partial charge in [-0.25, -0.2) is 0 Å². The number of likely N-dealkylation sites (tertiary alicyclic amines) is 1. The molecule has 0 atom stereocenters. The number of allylic oxidation sites excluding steroid dienone is 2. The Kier molecular flexibility index (Phi) is 3.32. The van der Waals surface area contributed by atoms with Gasteiger partial charge in [-0.15, -0.1) is 0 Å². The van der Waals surface area contributed by atoms with Gasteiger partial charge in [0.1, 0.15) is 0 Å². The summed E-state index contributed by atoms with van der Waals surface area (Å²) in [6.45, 7) is 6.11. The lowest BCUT2D eigenvalue weighted by Crippen LogP contribution is -2.30. The predicted molar refractivity (Wildman–Crippen MR) is 49.9 cm³/mol. The second-order valence-electron chi connectivity index (χ2n) is 3.55. The molecule has 2 heteroatoms. The lowest BCUT2D eigenvalue weighted by Gasteiger charge is -2.29. The second-order valence-corrected chi connectivity index (χ2v) is 3.55. The minimum absolute atomic E-state index is 0.898. The Bertz CT molecular complexity index is 186. The molecule has 0 spiro atoms. The van der Waals surface area contributed by atoms with E-state index >= 15 is 0 Å². The Morgan fingerprint density at radius 1 is 1.17 bits per heavy atom. The molecule has 0 aromatic rings. The molecule has 0 N–H and O–H groups in total. The molecule has 1 aliphatic rings. The summed E-state index contributed by atoms with van der Waals surface area (Å²) in [5.74, 6) is 0. The van der Waals surface area contributed by atoms with Crippen LogP contribution in [0.15, 0.2) is 11.3 Å². The molecule has 0 saturated carbocycles. The van der Waals surface area contributed by atoms with E-state index in [1.807, 2.05) is 13.8 Å². The topological polar surface area (TPSA) is 20.3 Å². The maximum absolute atomic E-state index is 10.7. The molecule has 0 aromatic heterocycles. The van der Waals surface area contributed by atoms with Crippen molar-refractivity contribution in [3.63, 3.8) is 0 Å². The molecule has 1 aliphatic heterocycles. The van der Waals surface area contributed by atoms with Gasteiger partial charge in [-0.1, -0.05) is 0 Å². The zero-order valence-electron chi connectivity index (χ0n) is 7.97. The molecule has 1 fully saturated rings. The van der Waals surface area contributed by atoms with Crippen LogP contribution in [0.1, 0.15) is 33.1 Å². The number of piperidine rings is 1. The van der Waals surface area contributed by atoms with E-state index in [2.05, 4.69) is 4.90 Å². The van der Waals surface area contributed by atoms with Crippen LogP contribution in [0.25, 0.3) is 0 Å². The first-order valence-electron chi connectivity index (χ1n) is 4.63. The zero-order chi connectivity index (χ0) is 8.97. The smallest absolute Gasteiger partial charge is 0.166 e. The third-order valence-corrected chi connectivity index (χ3v) is 2.32. The van der Waals surface area contributed by atoms with Gasteiger partial charge in [0.2, 0.25) is 0 Å². The molecule has 0 amide bonds. The highest BCUT2D eigenvalue weighted by molar-refractivity contribution is 5.73. The molecule has 0 unspecified atom stereocenters. The summed E-state index contributed by atoms with van der Waals surface area (Å²) in [5.41, 5.74) is 2.03. The van der Waals surface area contributed by atoms with Gasteiger partial charge in [0.05, 0.1) is 5.70 Å². The standard InChI is InChI=1S/C10H17NO/c1-9(2)10(8-12)11-6-4-3-5-7-11/h8H,3-7H2,1-2H3.